The molecule has 0 saturated heterocycles. The molecule has 4 aromatic rings. The summed E-state index contributed by atoms with van der Waals surface area (Å²) in [7, 11) is -1.05. The molecule has 2 heterocycles. The van der Waals surface area contributed by atoms with Crippen LogP contribution in [0.5, 0.6) is 0 Å². The van der Waals surface area contributed by atoms with Gasteiger partial charge in [0.1, 0.15) is 14.1 Å². The molecule has 0 atom stereocenters. The highest BCUT2D eigenvalue weighted by molar-refractivity contribution is 7.79. The highest BCUT2D eigenvalue weighted by atomic mass is 32.3. The zero-order valence-electron chi connectivity index (χ0n) is 15.0. The molecule has 0 radical (unpaired) electrons. The molecule has 0 fully saturated rings. The molecular formula is C20H20N2O4S. The number of fused-ring (bicyclic) bond motifs is 2. The van der Waals surface area contributed by atoms with Crippen LogP contribution in [-0.2, 0) is 24.5 Å². The number of aromatic nitrogens is 2. The van der Waals surface area contributed by atoms with Crippen LogP contribution in [-0.4, -0.2) is 17.5 Å². The molecule has 4 rings (SSSR count). The highest BCUT2D eigenvalue weighted by Crippen LogP contribution is 2.07. The number of benzene rings is 2. The zero-order chi connectivity index (χ0) is 19.9. The maximum absolute atomic E-state index is 8.52. The number of hydrogen-bond donors (Lipinski definition) is 0. The van der Waals surface area contributed by atoms with Crippen molar-refractivity contribution >= 4 is 32.2 Å². The number of hydrogen-bond acceptors (Lipinski definition) is 4. The van der Waals surface area contributed by atoms with E-state index in [1.807, 2.05) is 0 Å². The summed E-state index contributed by atoms with van der Waals surface area (Å²) in [5.41, 5.74) is 2.55. The van der Waals surface area contributed by atoms with Crippen LogP contribution < -0.4 is 9.13 Å². The minimum absolute atomic E-state index is 1.27. The maximum Gasteiger partial charge on any atom is 0.212 e. The Hall–Kier alpha value is -2.87. The van der Waals surface area contributed by atoms with Gasteiger partial charge in [0.15, 0.2) is 12.4 Å². The van der Waals surface area contributed by atoms with Gasteiger partial charge in [0.05, 0.1) is 0 Å². The second kappa shape index (κ2) is 9.18. The van der Waals surface area contributed by atoms with Crippen LogP contribution in [0.3, 0.4) is 0 Å². The fourth-order valence-corrected chi connectivity index (χ4v) is 2.61. The Balaban J connectivity index is 0.000000157. The average molecular weight is 384 g/mol. The lowest BCUT2D eigenvalue weighted by molar-refractivity contribution is -0.645. The smallest absolute Gasteiger partial charge is 0.212 e. The first-order chi connectivity index (χ1) is 12.8. The van der Waals surface area contributed by atoms with Gasteiger partial charge >= 0.3 is 0 Å². The molecule has 0 bridgehead atoms. The van der Waals surface area contributed by atoms with Crippen molar-refractivity contribution < 1.29 is 26.7 Å². The van der Waals surface area contributed by atoms with Gasteiger partial charge in [-0.2, -0.15) is 0 Å². The SMILES string of the molecule is C[n+]1cccc2ccccc21.C[n+]1cccc2ccccc21.O=S(=O)([O-])[O-]. The van der Waals surface area contributed by atoms with Crippen LogP contribution in [0.1, 0.15) is 0 Å². The number of para-hydroxylation sites is 2. The molecule has 2 aromatic heterocycles. The van der Waals surface area contributed by atoms with Crippen molar-refractivity contribution in [1.82, 2.24) is 0 Å². The quantitative estimate of drug-likeness (QED) is 0.263. The minimum atomic E-state index is -5.17. The molecule has 0 aliphatic rings. The van der Waals surface area contributed by atoms with Crippen molar-refractivity contribution in [2.75, 3.05) is 0 Å². The highest BCUT2D eigenvalue weighted by Gasteiger charge is 2.00. The molecule has 27 heavy (non-hydrogen) atoms. The zero-order valence-corrected chi connectivity index (χ0v) is 15.8. The van der Waals surface area contributed by atoms with Crippen molar-refractivity contribution in [2.24, 2.45) is 14.1 Å². The molecule has 6 nitrogen and oxygen atoms in total. The minimum Gasteiger partial charge on any atom is -0.759 e. The van der Waals surface area contributed by atoms with E-state index in [9.17, 15) is 0 Å². The van der Waals surface area contributed by atoms with Gasteiger partial charge in [-0.05, 0) is 24.3 Å². The summed E-state index contributed by atoms with van der Waals surface area (Å²) in [6, 6.07) is 25.1. The summed E-state index contributed by atoms with van der Waals surface area (Å²) in [6.07, 6.45) is 4.12. The molecule has 0 aliphatic carbocycles. The van der Waals surface area contributed by atoms with Crippen LogP contribution in [0.25, 0.3) is 21.8 Å². The van der Waals surface area contributed by atoms with E-state index in [0.29, 0.717) is 0 Å². The van der Waals surface area contributed by atoms with Crippen molar-refractivity contribution in [3.8, 4) is 0 Å². The van der Waals surface area contributed by atoms with Gasteiger partial charge in [0.2, 0.25) is 11.0 Å². The first-order valence-corrected chi connectivity index (χ1v) is 9.42. The van der Waals surface area contributed by atoms with Crippen LogP contribution in [0, 0.1) is 0 Å². The average Bonchev–Trinajstić information content (AvgIpc) is 2.62. The molecule has 140 valence electrons. The number of pyridine rings is 2. The van der Waals surface area contributed by atoms with Crippen LogP contribution in [0.4, 0.5) is 0 Å². The van der Waals surface area contributed by atoms with Crippen molar-refractivity contribution in [3.63, 3.8) is 0 Å². The van der Waals surface area contributed by atoms with Crippen molar-refractivity contribution in [3.05, 3.63) is 85.2 Å². The summed E-state index contributed by atoms with van der Waals surface area (Å²) in [5, 5.41) is 2.58. The Bertz CT molecular complexity index is 1050. The number of nitrogens with zero attached hydrogens (tertiary/aromatic N) is 2. The first-order valence-electron chi connectivity index (χ1n) is 8.09. The normalized spacial score (nSPS) is 10.5. The van der Waals surface area contributed by atoms with Gasteiger partial charge < -0.3 is 9.11 Å². The summed E-state index contributed by atoms with van der Waals surface area (Å²) < 4.78 is 38.3. The molecule has 0 spiro atoms. The summed E-state index contributed by atoms with van der Waals surface area (Å²) in [5.74, 6) is 0. The molecule has 0 unspecified atom stereocenters. The Morgan fingerprint density at radius 3 is 1.26 bits per heavy atom. The third kappa shape index (κ3) is 6.74. The Labute approximate surface area is 158 Å². The lowest BCUT2D eigenvalue weighted by Gasteiger charge is -2.06. The molecular weight excluding hydrogens is 364 g/mol. The van der Waals surface area contributed by atoms with Crippen LogP contribution in [0.2, 0.25) is 0 Å². The number of aryl methyl sites for hydroxylation is 2. The fraction of sp³-hybridized carbons (Fsp3) is 0.100. The third-order valence-electron chi connectivity index (χ3n) is 3.80. The maximum atomic E-state index is 8.52. The lowest BCUT2D eigenvalue weighted by atomic mass is 10.2. The monoisotopic (exact) mass is 384 g/mol. The molecule has 0 amide bonds. The van der Waals surface area contributed by atoms with Gasteiger partial charge in [-0.25, -0.2) is 9.13 Å². The summed E-state index contributed by atoms with van der Waals surface area (Å²) in [4.78, 5) is 0. The van der Waals surface area contributed by atoms with E-state index in [0.717, 1.165) is 0 Å². The van der Waals surface area contributed by atoms with Crippen LogP contribution >= 0.6 is 0 Å². The summed E-state index contributed by atoms with van der Waals surface area (Å²) >= 11 is 0. The lowest BCUT2D eigenvalue weighted by Crippen LogP contribution is -2.27. The van der Waals surface area contributed by atoms with E-state index >= 15 is 0 Å². The predicted molar refractivity (Wildman–Crippen MR) is 101 cm³/mol. The summed E-state index contributed by atoms with van der Waals surface area (Å²) in [6.45, 7) is 0. The second-order valence-electron chi connectivity index (χ2n) is 5.76. The van der Waals surface area contributed by atoms with E-state index in [1.54, 1.807) is 0 Å². The second-order valence-corrected chi connectivity index (χ2v) is 6.58. The van der Waals surface area contributed by atoms with E-state index < -0.39 is 10.4 Å². The van der Waals surface area contributed by atoms with Gasteiger partial charge in [-0.1, -0.05) is 24.3 Å². The Morgan fingerprint density at radius 2 is 0.926 bits per heavy atom. The van der Waals surface area contributed by atoms with E-state index in [1.165, 1.54) is 21.8 Å². The van der Waals surface area contributed by atoms with Gasteiger partial charge in [-0.3, -0.25) is 8.42 Å². The predicted octanol–water partition coefficient (Wildman–Crippen LogP) is 1.99. The van der Waals surface area contributed by atoms with Crippen molar-refractivity contribution in [1.29, 1.82) is 0 Å². The van der Waals surface area contributed by atoms with Crippen LogP contribution in [0.15, 0.2) is 85.2 Å². The van der Waals surface area contributed by atoms with E-state index in [-0.39, 0.29) is 0 Å². The number of rotatable bonds is 0. The fourth-order valence-electron chi connectivity index (χ4n) is 2.61. The standard InChI is InChI=1S/2C10H10N.H2O4S/c2*1-11-8-4-6-9-5-2-3-7-10(9)11;1-5(2,3)4/h2*2-8H,1H3;(H2,1,2,3,4)/q2*+1;/p-2. The molecule has 2 aromatic carbocycles. The third-order valence-corrected chi connectivity index (χ3v) is 3.80. The Morgan fingerprint density at radius 1 is 0.630 bits per heavy atom. The molecule has 0 aliphatic heterocycles. The van der Waals surface area contributed by atoms with Gasteiger partial charge in [0.25, 0.3) is 0 Å². The molecule has 0 saturated carbocycles. The largest absolute Gasteiger partial charge is 0.759 e. The van der Waals surface area contributed by atoms with Gasteiger partial charge in [-0.15, -0.1) is 0 Å². The first kappa shape index (κ1) is 20.4. The van der Waals surface area contributed by atoms with Gasteiger partial charge in [0, 0.05) is 45.4 Å². The topological polar surface area (TPSA) is 88.0 Å². The van der Waals surface area contributed by atoms with Crippen molar-refractivity contribution in [2.45, 2.75) is 0 Å². The van der Waals surface area contributed by atoms with E-state index in [2.05, 4.69) is 108 Å². The molecule has 0 N–H and O–H groups in total. The molecule has 7 heteroatoms. The van der Waals surface area contributed by atoms with E-state index in [4.69, 9.17) is 17.5 Å². The Kier molecular flexibility index (Phi) is 6.95.